The van der Waals surface area contributed by atoms with Gasteiger partial charge in [-0.05, 0) is 37.8 Å². The molecule has 1 aliphatic heterocycles. The van der Waals surface area contributed by atoms with Crippen molar-refractivity contribution in [2.75, 3.05) is 13.1 Å². The Balaban J connectivity index is 1.77. The molecule has 2 aromatic rings. The Bertz CT molecular complexity index is 955. The Morgan fingerprint density at radius 2 is 1.82 bits per heavy atom. The molecule has 1 saturated heterocycles. The van der Waals surface area contributed by atoms with Crippen LogP contribution in [0.3, 0.4) is 0 Å². The number of nitrogens with one attached hydrogen (secondary N) is 1. The molecule has 2 fully saturated rings. The maximum Gasteiger partial charge on any atom is 0.245 e. The third-order valence-electron chi connectivity index (χ3n) is 5.97. The molecule has 0 bridgehead atoms. The van der Waals surface area contributed by atoms with Gasteiger partial charge in [-0.1, -0.05) is 37.5 Å². The molecule has 0 radical (unpaired) electrons. The molecule has 0 unspecified atom stereocenters. The molecule has 1 aromatic heterocycles. The summed E-state index contributed by atoms with van der Waals surface area (Å²) in [4.78, 5) is 17.3. The van der Waals surface area contributed by atoms with Crippen LogP contribution < -0.4 is 5.32 Å². The van der Waals surface area contributed by atoms with Gasteiger partial charge in [-0.15, -0.1) is 0 Å². The summed E-state index contributed by atoms with van der Waals surface area (Å²) >= 11 is 0. The van der Waals surface area contributed by atoms with Crippen LogP contribution in [0.5, 0.6) is 0 Å². The minimum Gasteiger partial charge on any atom is -0.356 e. The number of carbonyl (C=O) groups excluding carboxylic acids is 1. The van der Waals surface area contributed by atoms with Gasteiger partial charge in [0.05, 0.1) is 11.4 Å². The van der Waals surface area contributed by atoms with Crippen LogP contribution in [0.4, 0.5) is 0 Å². The largest absolute Gasteiger partial charge is 0.356 e. The van der Waals surface area contributed by atoms with Crippen molar-refractivity contribution in [3.63, 3.8) is 0 Å². The van der Waals surface area contributed by atoms with Gasteiger partial charge in [0.1, 0.15) is 4.90 Å². The number of fused-ring (bicyclic) bond motifs is 2. The molecule has 1 N–H and O–H groups in total. The number of nitrogens with zero attached hydrogens (tertiary/aromatic N) is 2. The molecule has 1 aliphatic carbocycles. The maximum absolute atomic E-state index is 13.8. The zero-order valence-corrected chi connectivity index (χ0v) is 16.8. The molecule has 0 spiro atoms. The van der Waals surface area contributed by atoms with Crippen molar-refractivity contribution in [3.8, 4) is 0 Å². The maximum atomic E-state index is 13.8. The predicted molar refractivity (Wildman–Crippen MR) is 108 cm³/mol. The normalized spacial score (nSPS) is 25.1. The number of pyridine rings is 1. The lowest BCUT2D eigenvalue weighted by atomic mass is 10.0. The smallest absolute Gasteiger partial charge is 0.245 e. The zero-order chi connectivity index (χ0) is 19.6. The summed E-state index contributed by atoms with van der Waals surface area (Å²) in [6, 6.07) is 8.69. The van der Waals surface area contributed by atoms with E-state index in [1.807, 2.05) is 18.2 Å². The molecule has 4 rings (SSSR count). The predicted octanol–water partition coefficient (Wildman–Crippen LogP) is 3.08. The summed E-state index contributed by atoms with van der Waals surface area (Å²) in [6.07, 6.45) is 7.71. The molecule has 6 nitrogen and oxygen atoms in total. The molecule has 1 amide bonds. The fraction of sp³-hybridized carbons (Fsp3) is 0.524. The van der Waals surface area contributed by atoms with Crippen LogP contribution >= 0.6 is 0 Å². The van der Waals surface area contributed by atoms with Crippen LogP contribution in [0.25, 0.3) is 10.9 Å². The van der Waals surface area contributed by atoms with Crippen molar-refractivity contribution in [2.45, 2.75) is 55.9 Å². The first-order valence-electron chi connectivity index (χ1n) is 10.2. The molecule has 28 heavy (non-hydrogen) atoms. The Labute approximate surface area is 166 Å². The van der Waals surface area contributed by atoms with Crippen molar-refractivity contribution in [1.82, 2.24) is 14.6 Å². The summed E-state index contributed by atoms with van der Waals surface area (Å²) in [5.74, 6) is -0.267. The van der Waals surface area contributed by atoms with Gasteiger partial charge in [0.15, 0.2) is 0 Å². The fourth-order valence-electron chi connectivity index (χ4n) is 4.55. The van der Waals surface area contributed by atoms with Gasteiger partial charge < -0.3 is 5.32 Å². The molecule has 7 heteroatoms. The Kier molecular flexibility index (Phi) is 5.64. The van der Waals surface area contributed by atoms with Gasteiger partial charge in [0.2, 0.25) is 15.9 Å². The first-order chi connectivity index (χ1) is 13.6. The number of para-hydroxylation sites is 1. The summed E-state index contributed by atoms with van der Waals surface area (Å²) in [5.41, 5.74) is 0.498. The monoisotopic (exact) mass is 401 g/mol. The topological polar surface area (TPSA) is 79.4 Å². The number of amides is 1. The second-order valence-electron chi connectivity index (χ2n) is 7.76. The zero-order valence-electron chi connectivity index (χ0n) is 16.0. The average molecular weight is 402 g/mol. The minimum atomic E-state index is -3.75. The summed E-state index contributed by atoms with van der Waals surface area (Å²) in [6.45, 7) is 1.14. The van der Waals surface area contributed by atoms with Crippen molar-refractivity contribution in [1.29, 1.82) is 0 Å². The van der Waals surface area contributed by atoms with E-state index >= 15 is 0 Å². The average Bonchev–Trinajstić information content (AvgIpc) is 3.17. The van der Waals surface area contributed by atoms with Crippen molar-refractivity contribution in [3.05, 3.63) is 36.5 Å². The molecule has 2 aliphatic rings. The van der Waals surface area contributed by atoms with E-state index < -0.39 is 10.0 Å². The minimum absolute atomic E-state index is 0.000597. The first kappa shape index (κ1) is 19.3. The second-order valence-corrected chi connectivity index (χ2v) is 9.62. The van der Waals surface area contributed by atoms with Gasteiger partial charge in [0, 0.05) is 30.7 Å². The highest BCUT2D eigenvalue weighted by atomic mass is 32.2. The van der Waals surface area contributed by atoms with Crippen LogP contribution in [0.15, 0.2) is 41.4 Å². The van der Waals surface area contributed by atoms with E-state index in [1.54, 1.807) is 22.6 Å². The highest BCUT2D eigenvalue weighted by Crippen LogP contribution is 2.35. The third kappa shape index (κ3) is 3.65. The summed E-state index contributed by atoms with van der Waals surface area (Å²) in [5, 5.41) is 3.83. The number of hydrogen-bond donors (Lipinski definition) is 1. The van der Waals surface area contributed by atoms with E-state index in [0.29, 0.717) is 18.6 Å². The molecular formula is C21H27N3O3S. The number of rotatable bonds is 2. The van der Waals surface area contributed by atoms with E-state index in [4.69, 9.17) is 0 Å². The lowest BCUT2D eigenvalue weighted by Crippen LogP contribution is -2.47. The van der Waals surface area contributed by atoms with E-state index in [9.17, 15) is 13.2 Å². The number of carbonyl (C=O) groups is 1. The van der Waals surface area contributed by atoms with Crippen molar-refractivity contribution >= 4 is 26.8 Å². The molecule has 1 saturated carbocycles. The Morgan fingerprint density at radius 1 is 1.00 bits per heavy atom. The highest BCUT2D eigenvalue weighted by Gasteiger charge is 2.42. The third-order valence-corrected chi connectivity index (χ3v) is 7.93. The molecule has 2 atom stereocenters. The van der Waals surface area contributed by atoms with Gasteiger partial charge in [-0.2, -0.15) is 4.31 Å². The lowest BCUT2D eigenvalue weighted by Gasteiger charge is -2.31. The number of benzene rings is 1. The summed E-state index contributed by atoms with van der Waals surface area (Å²) in [7, 11) is -3.75. The standard InChI is InChI=1S/C21H27N3O3S/c25-21-17-10-6-11-18(17)24(15-4-2-1-3-13-23-21)28(26,27)19-12-5-8-16-9-7-14-22-20(16)19/h5,7-9,12,14,17-18H,1-4,6,10-11,13,15H2,(H,23,25)/t17-,18+/m1/s1. The van der Waals surface area contributed by atoms with Crippen LogP contribution in [0.2, 0.25) is 0 Å². The van der Waals surface area contributed by atoms with Crippen LogP contribution in [-0.2, 0) is 14.8 Å². The van der Waals surface area contributed by atoms with E-state index in [0.717, 1.165) is 50.3 Å². The number of hydrogen-bond acceptors (Lipinski definition) is 4. The Hall–Kier alpha value is -1.99. The molecule has 1 aromatic carbocycles. The van der Waals surface area contributed by atoms with Gasteiger partial charge >= 0.3 is 0 Å². The molecular weight excluding hydrogens is 374 g/mol. The Morgan fingerprint density at radius 3 is 2.71 bits per heavy atom. The number of aromatic nitrogens is 1. The van der Waals surface area contributed by atoms with Crippen LogP contribution in [0.1, 0.15) is 44.9 Å². The molecule has 2 heterocycles. The van der Waals surface area contributed by atoms with Gasteiger partial charge in [0.25, 0.3) is 0 Å². The SMILES string of the molecule is O=C1NCCCCCCN(S(=O)(=O)c2cccc3cccnc23)[C@H]2CCC[C@@H]12. The van der Waals surface area contributed by atoms with E-state index in [1.165, 1.54) is 0 Å². The quantitative estimate of drug-likeness (QED) is 0.839. The van der Waals surface area contributed by atoms with Crippen molar-refractivity contribution < 1.29 is 13.2 Å². The van der Waals surface area contributed by atoms with Crippen LogP contribution in [-0.4, -0.2) is 42.7 Å². The molecule has 150 valence electrons. The van der Waals surface area contributed by atoms with Gasteiger partial charge in [-0.3, -0.25) is 9.78 Å². The number of sulfonamides is 1. The van der Waals surface area contributed by atoms with E-state index in [-0.39, 0.29) is 22.8 Å². The van der Waals surface area contributed by atoms with Crippen molar-refractivity contribution in [2.24, 2.45) is 5.92 Å². The highest BCUT2D eigenvalue weighted by molar-refractivity contribution is 7.89. The van der Waals surface area contributed by atoms with Crippen LogP contribution in [0, 0.1) is 5.92 Å². The van der Waals surface area contributed by atoms with E-state index in [2.05, 4.69) is 10.3 Å². The van der Waals surface area contributed by atoms with Gasteiger partial charge in [-0.25, -0.2) is 8.42 Å². The summed E-state index contributed by atoms with van der Waals surface area (Å²) < 4.78 is 29.1. The second kappa shape index (κ2) is 8.17. The fourth-order valence-corrected chi connectivity index (χ4v) is 6.45. The first-order valence-corrected chi connectivity index (χ1v) is 11.7. The lowest BCUT2D eigenvalue weighted by molar-refractivity contribution is -0.125.